The number of anilines is 2. The minimum Gasteiger partial charge on any atom is -0.356 e. The average Bonchev–Trinajstić information content (AvgIpc) is 3.14. The molecule has 110 valence electrons. The van der Waals surface area contributed by atoms with Crippen molar-refractivity contribution in [1.82, 2.24) is 9.36 Å². The summed E-state index contributed by atoms with van der Waals surface area (Å²) in [6.07, 6.45) is 2.48. The van der Waals surface area contributed by atoms with E-state index in [0.717, 1.165) is 36.0 Å². The second-order valence-corrected chi connectivity index (χ2v) is 5.79. The van der Waals surface area contributed by atoms with Gasteiger partial charge in [0.05, 0.1) is 0 Å². The number of hydrogen-bond donors (Lipinski definition) is 1. The molecule has 0 aliphatic carbocycles. The minimum atomic E-state index is 0.224. The Kier molecular flexibility index (Phi) is 4.15. The number of amides is 1. The van der Waals surface area contributed by atoms with Crippen molar-refractivity contribution in [3.05, 3.63) is 35.7 Å². The van der Waals surface area contributed by atoms with Crippen molar-refractivity contribution in [2.45, 2.75) is 32.7 Å². The maximum Gasteiger partial charge on any atom is 0.227 e. The summed E-state index contributed by atoms with van der Waals surface area (Å²) in [6.45, 7) is 3.60. The van der Waals surface area contributed by atoms with Crippen LogP contribution in [0.5, 0.6) is 0 Å². The van der Waals surface area contributed by atoms with Gasteiger partial charge in [-0.05, 0) is 24.1 Å². The first kappa shape index (κ1) is 14.0. The second-order valence-electron chi connectivity index (χ2n) is 5.04. The zero-order chi connectivity index (χ0) is 14.7. The van der Waals surface area contributed by atoms with Crippen LogP contribution in [0.15, 0.2) is 24.3 Å². The van der Waals surface area contributed by atoms with Gasteiger partial charge in [-0.25, -0.2) is 4.98 Å². The molecule has 1 aliphatic rings. The third kappa shape index (κ3) is 3.21. The van der Waals surface area contributed by atoms with Gasteiger partial charge in [-0.1, -0.05) is 19.1 Å². The summed E-state index contributed by atoms with van der Waals surface area (Å²) in [5.74, 6) is 1.10. The highest BCUT2D eigenvalue weighted by molar-refractivity contribution is 7.09. The van der Waals surface area contributed by atoms with Crippen LogP contribution in [0, 0.1) is 0 Å². The first-order chi connectivity index (χ1) is 10.3. The molecule has 2 heterocycles. The van der Waals surface area contributed by atoms with Crippen LogP contribution >= 0.6 is 11.5 Å². The molecule has 0 saturated carbocycles. The van der Waals surface area contributed by atoms with Gasteiger partial charge in [0.1, 0.15) is 5.82 Å². The largest absolute Gasteiger partial charge is 0.356 e. The maximum absolute atomic E-state index is 11.7. The molecule has 6 heteroatoms. The molecule has 1 N–H and O–H groups in total. The molecular formula is C15H18N4OS. The summed E-state index contributed by atoms with van der Waals surface area (Å²) >= 11 is 1.39. The summed E-state index contributed by atoms with van der Waals surface area (Å²) < 4.78 is 4.25. The predicted molar refractivity (Wildman–Crippen MR) is 84.6 cm³/mol. The lowest BCUT2D eigenvalue weighted by molar-refractivity contribution is -0.117. The van der Waals surface area contributed by atoms with Crippen molar-refractivity contribution in [2.75, 3.05) is 16.8 Å². The fraction of sp³-hybridized carbons (Fsp3) is 0.400. The van der Waals surface area contributed by atoms with Gasteiger partial charge in [0.25, 0.3) is 0 Å². The second kappa shape index (κ2) is 6.22. The van der Waals surface area contributed by atoms with Crippen LogP contribution in [0.3, 0.4) is 0 Å². The van der Waals surface area contributed by atoms with E-state index in [1.54, 1.807) is 0 Å². The van der Waals surface area contributed by atoms with E-state index in [9.17, 15) is 4.79 Å². The van der Waals surface area contributed by atoms with Gasteiger partial charge in [0.2, 0.25) is 11.0 Å². The molecule has 0 radical (unpaired) electrons. The normalized spacial score (nSPS) is 14.7. The Hall–Kier alpha value is -1.95. The highest BCUT2D eigenvalue weighted by Gasteiger charge is 2.21. The average molecular weight is 302 g/mol. The van der Waals surface area contributed by atoms with E-state index in [1.807, 2.05) is 24.0 Å². The molecule has 1 saturated heterocycles. The first-order valence-electron chi connectivity index (χ1n) is 7.22. The Labute approximate surface area is 128 Å². The molecule has 5 nitrogen and oxygen atoms in total. The molecule has 1 fully saturated rings. The molecule has 1 aromatic carbocycles. The van der Waals surface area contributed by atoms with Crippen LogP contribution < -0.4 is 10.2 Å². The number of hydrogen-bond acceptors (Lipinski definition) is 5. The van der Waals surface area contributed by atoms with Crippen LogP contribution in [0.2, 0.25) is 0 Å². The molecular weight excluding hydrogens is 284 g/mol. The van der Waals surface area contributed by atoms with Crippen LogP contribution in [-0.2, 0) is 17.8 Å². The van der Waals surface area contributed by atoms with Crippen LogP contribution in [0.25, 0.3) is 0 Å². The Balaban J connectivity index is 1.60. The van der Waals surface area contributed by atoms with Crippen molar-refractivity contribution in [3.8, 4) is 0 Å². The van der Waals surface area contributed by atoms with Gasteiger partial charge < -0.3 is 10.2 Å². The third-order valence-electron chi connectivity index (χ3n) is 3.55. The number of aryl methyl sites for hydroxylation is 1. The van der Waals surface area contributed by atoms with Crippen molar-refractivity contribution in [1.29, 1.82) is 0 Å². The Morgan fingerprint density at radius 1 is 1.33 bits per heavy atom. The summed E-state index contributed by atoms with van der Waals surface area (Å²) in [6, 6.07) is 8.13. The van der Waals surface area contributed by atoms with Crippen LogP contribution in [0.1, 0.15) is 31.2 Å². The lowest BCUT2D eigenvalue weighted by Gasteiger charge is -2.15. The van der Waals surface area contributed by atoms with E-state index in [2.05, 4.69) is 26.8 Å². The van der Waals surface area contributed by atoms with Gasteiger partial charge >= 0.3 is 0 Å². The molecule has 1 aromatic heterocycles. The van der Waals surface area contributed by atoms with E-state index in [1.165, 1.54) is 17.1 Å². The van der Waals surface area contributed by atoms with Crippen molar-refractivity contribution < 1.29 is 4.79 Å². The quantitative estimate of drug-likeness (QED) is 0.922. The molecule has 0 unspecified atom stereocenters. The number of carbonyl (C=O) groups excluding carboxylic acids is 1. The molecule has 0 bridgehead atoms. The molecule has 1 aliphatic heterocycles. The van der Waals surface area contributed by atoms with Gasteiger partial charge in [-0.15, -0.1) is 0 Å². The zero-order valence-corrected chi connectivity index (χ0v) is 12.8. The van der Waals surface area contributed by atoms with Gasteiger partial charge in [0, 0.05) is 43.2 Å². The molecule has 21 heavy (non-hydrogen) atoms. The van der Waals surface area contributed by atoms with E-state index in [4.69, 9.17) is 0 Å². The molecule has 3 rings (SSSR count). The summed E-state index contributed by atoms with van der Waals surface area (Å²) in [5.41, 5.74) is 2.16. The molecule has 1 amide bonds. The summed E-state index contributed by atoms with van der Waals surface area (Å²) in [5, 5.41) is 4.13. The fourth-order valence-electron chi connectivity index (χ4n) is 2.36. The van der Waals surface area contributed by atoms with E-state index in [0.29, 0.717) is 13.0 Å². The van der Waals surface area contributed by atoms with Crippen LogP contribution in [-0.4, -0.2) is 21.8 Å². The third-order valence-corrected chi connectivity index (χ3v) is 4.26. The number of nitrogens with zero attached hydrogens (tertiary/aromatic N) is 3. The first-order valence-corrected chi connectivity index (χ1v) is 7.99. The number of rotatable bonds is 5. The lowest BCUT2D eigenvalue weighted by atomic mass is 10.2. The van der Waals surface area contributed by atoms with E-state index < -0.39 is 0 Å². The zero-order valence-electron chi connectivity index (χ0n) is 12.0. The fourth-order valence-corrected chi connectivity index (χ4v) is 3.01. The van der Waals surface area contributed by atoms with Crippen molar-refractivity contribution in [2.24, 2.45) is 0 Å². The molecule has 0 atom stereocenters. The summed E-state index contributed by atoms with van der Waals surface area (Å²) in [7, 11) is 0. The standard InChI is InChI=1S/C15H18N4OS/c1-2-13-17-15(21-18-13)16-10-11-5-7-12(8-6-11)19-9-3-4-14(19)20/h5-8H,2-4,9-10H2,1H3,(H,16,17,18). The molecule has 2 aromatic rings. The SMILES string of the molecule is CCc1nsc(NCc2ccc(N3CCCC3=O)cc2)n1. The number of aromatic nitrogens is 2. The number of carbonyl (C=O) groups is 1. The van der Waals surface area contributed by atoms with Gasteiger partial charge in [-0.2, -0.15) is 4.37 Å². The van der Waals surface area contributed by atoms with Crippen LogP contribution in [0.4, 0.5) is 10.8 Å². The predicted octanol–water partition coefficient (Wildman–Crippen LogP) is 2.84. The summed E-state index contributed by atoms with van der Waals surface area (Å²) in [4.78, 5) is 17.9. The highest BCUT2D eigenvalue weighted by atomic mass is 32.1. The smallest absolute Gasteiger partial charge is 0.227 e. The van der Waals surface area contributed by atoms with E-state index >= 15 is 0 Å². The lowest BCUT2D eigenvalue weighted by Crippen LogP contribution is -2.23. The van der Waals surface area contributed by atoms with Gasteiger partial charge in [-0.3, -0.25) is 4.79 Å². The number of nitrogens with one attached hydrogen (secondary N) is 1. The van der Waals surface area contributed by atoms with E-state index in [-0.39, 0.29) is 5.91 Å². The number of benzene rings is 1. The van der Waals surface area contributed by atoms with Crippen molar-refractivity contribution >= 4 is 28.3 Å². The van der Waals surface area contributed by atoms with Crippen molar-refractivity contribution in [3.63, 3.8) is 0 Å². The monoisotopic (exact) mass is 302 g/mol. The topological polar surface area (TPSA) is 58.1 Å². The maximum atomic E-state index is 11.7. The minimum absolute atomic E-state index is 0.224. The Morgan fingerprint density at radius 3 is 2.76 bits per heavy atom. The highest BCUT2D eigenvalue weighted by Crippen LogP contribution is 2.22. The molecule has 0 spiro atoms. The Bertz CT molecular complexity index is 623. The van der Waals surface area contributed by atoms with Gasteiger partial charge in [0.15, 0.2) is 0 Å². The Morgan fingerprint density at radius 2 is 2.14 bits per heavy atom.